The molecule has 0 spiro atoms. The number of aromatic nitrogens is 1. The minimum absolute atomic E-state index is 0.00947. The van der Waals surface area contributed by atoms with Crippen LogP contribution in [0.4, 0.5) is 5.13 Å². The molecule has 1 unspecified atom stereocenters. The van der Waals surface area contributed by atoms with E-state index in [2.05, 4.69) is 11.6 Å². The quantitative estimate of drug-likeness (QED) is 0.0650. The molecule has 2 aliphatic rings. The van der Waals surface area contributed by atoms with Crippen LogP contribution in [-0.2, 0) is 20.9 Å². The lowest BCUT2D eigenvalue weighted by atomic mass is 9.95. The van der Waals surface area contributed by atoms with Crippen LogP contribution in [0.3, 0.4) is 0 Å². The second kappa shape index (κ2) is 14.0. The van der Waals surface area contributed by atoms with E-state index in [-0.39, 0.29) is 34.4 Å². The molecule has 4 aromatic rings. The molecule has 1 atom stereocenters. The van der Waals surface area contributed by atoms with Gasteiger partial charge in [0.25, 0.3) is 5.78 Å². The number of ketones is 1. The molecule has 1 fully saturated rings. The number of ether oxygens (including phenoxy) is 5. The van der Waals surface area contributed by atoms with E-state index in [1.165, 1.54) is 11.0 Å². The van der Waals surface area contributed by atoms with E-state index < -0.39 is 29.5 Å². The van der Waals surface area contributed by atoms with Gasteiger partial charge >= 0.3 is 11.9 Å². The van der Waals surface area contributed by atoms with Crippen molar-refractivity contribution in [3.63, 3.8) is 0 Å². The van der Waals surface area contributed by atoms with Crippen LogP contribution in [0.5, 0.6) is 23.0 Å². The number of aliphatic hydroxyl groups is 1. The maximum atomic E-state index is 13.8. The maximum absolute atomic E-state index is 13.8. The summed E-state index contributed by atoms with van der Waals surface area (Å²) < 4.78 is 28.6. The molecular weight excluding hydrogens is 636 g/mol. The summed E-state index contributed by atoms with van der Waals surface area (Å²) in [4.78, 5) is 46.3. The molecule has 1 aromatic heterocycles. The van der Waals surface area contributed by atoms with E-state index in [1.807, 2.05) is 37.3 Å². The molecule has 0 saturated carbocycles. The van der Waals surface area contributed by atoms with Gasteiger partial charge in [0.2, 0.25) is 0 Å². The minimum atomic E-state index is -1.15. The molecular formula is C36H32N2O9S. The maximum Gasteiger partial charge on any atom is 0.350 e. The first-order valence-electron chi connectivity index (χ1n) is 15.2. The Hall–Kier alpha value is -5.62. The number of thiazole rings is 1. The van der Waals surface area contributed by atoms with Crippen molar-refractivity contribution in [2.75, 3.05) is 31.3 Å². The Morgan fingerprint density at radius 1 is 1.04 bits per heavy atom. The standard InChI is InChI=1S/C36H32N2O9S/c1-4-15-46-35(42)33-21(3)37-36(48-33)38-30(23-11-13-26(27(18-23)43-5-2)47-20-22-9-7-6-8-10-22)29(32(40)34(38)41)31(39)24-12-14-25-28(19-24)45-17-16-44-25/h4,6-14,18-19,30,39H,1,5,15-17,20H2,2-3H3. The normalized spacial score (nSPS) is 16.5. The summed E-state index contributed by atoms with van der Waals surface area (Å²) in [7, 11) is 0. The summed E-state index contributed by atoms with van der Waals surface area (Å²) in [5.41, 5.74) is 1.78. The Kier molecular flexibility index (Phi) is 9.44. The van der Waals surface area contributed by atoms with Gasteiger partial charge in [-0.2, -0.15) is 0 Å². The van der Waals surface area contributed by atoms with Gasteiger partial charge in [-0.3, -0.25) is 14.5 Å². The Bertz CT molecular complexity index is 1920. The second-order valence-corrected chi connectivity index (χ2v) is 11.7. The van der Waals surface area contributed by atoms with E-state index >= 15 is 0 Å². The van der Waals surface area contributed by atoms with Gasteiger partial charge in [0, 0.05) is 5.56 Å². The summed E-state index contributed by atoms with van der Waals surface area (Å²) in [5, 5.41) is 11.8. The Morgan fingerprint density at radius 3 is 2.56 bits per heavy atom. The predicted octanol–water partition coefficient (Wildman–Crippen LogP) is 6.17. The second-order valence-electron chi connectivity index (χ2n) is 10.7. The number of anilines is 1. The Labute approximate surface area is 280 Å². The lowest BCUT2D eigenvalue weighted by Gasteiger charge is -2.24. The smallest absolute Gasteiger partial charge is 0.350 e. The lowest BCUT2D eigenvalue weighted by Crippen LogP contribution is -2.29. The number of carbonyl (C=O) groups excluding carboxylic acids is 3. The predicted molar refractivity (Wildman–Crippen MR) is 178 cm³/mol. The fraction of sp³-hybridized carbons (Fsp3) is 0.222. The molecule has 6 rings (SSSR count). The summed E-state index contributed by atoms with van der Waals surface area (Å²) in [5.74, 6) is -1.20. The highest BCUT2D eigenvalue weighted by Crippen LogP contribution is 2.46. The first kappa shape index (κ1) is 32.3. The molecule has 3 aromatic carbocycles. The van der Waals surface area contributed by atoms with Crippen LogP contribution >= 0.6 is 11.3 Å². The van der Waals surface area contributed by atoms with Crippen molar-refractivity contribution in [2.45, 2.75) is 26.5 Å². The zero-order valence-electron chi connectivity index (χ0n) is 26.3. The van der Waals surface area contributed by atoms with Crippen LogP contribution in [0.1, 0.15) is 45.0 Å². The molecule has 11 nitrogen and oxygen atoms in total. The van der Waals surface area contributed by atoms with Gasteiger partial charge in [-0.1, -0.05) is 60.4 Å². The third-order valence-corrected chi connectivity index (χ3v) is 8.73. The van der Waals surface area contributed by atoms with Crippen molar-refractivity contribution in [2.24, 2.45) is 0 Å². The molecule has 1 saturated heterocycles. The zero-order valence-corrected chi connectivity index (χ0v) is 27.1. The molecule has 246 valence electrons. The number of aryl methyl sites for hydroxylation is 1. The van der Waals surface area contributed by atoms with Crippen LogP contribution in [0.15, 0.2) is 85.0 Å². The number of hydrogen-bond acceptors (Lipinski definition) is 11. The van der Waals surface area contributed by atoms with Crippen molar-refractivity contribution in [3.05, 3.63) is 112 Å². The van der Waals surface area contributed by atoms with Crippen LogP contribution in [0.25, 0.3) is 5.76 Å². The first-order chi connectivity index (χ1) is 23.3. The molecule has 3 heterocycles. The van der Waals surface area contributed by atoms with Crippen molar-refractivity contribution >= 4 is 39.9 Å². The van der Waals surface area contributed by atoms with Crippen LogP contribution in [0.2, 0.25) is 0 Å². The van der Waals surface area contributed by atoms with Crippen LogP contribution in [-0.4, -0.2) is 54.2 Å². The van der Waals surface area contributed by atoms with Crippen LogP contribution < -0.4 is 23.8 Å². The van der Waals surface area contributed by atoms with Gasteiger partial charge in [0.15, 0.2) is 28.1 Å². The minimum Gasteiger partial charge on any atom is -0.507 e. The van der Waals surface area contributed by atoms with Crippen molar-refractivity contribution in [3.8, 4) is 23.0 Å². The SMILES string of the molecule is C=CCOC(=O)c1sc(N2C(=O)C(=O)C(=C(O)c3ccc4c(c3)OCCO4)C2c2ccc(OCc3ccccc3)c(OCC)c2)nc1C. The highest BCUT2D eigenvalue weighted by atomic mass is 32.1. The van der Waals surface area contributed by atoms with Gasteiger partial charge in [-0.15, -0.1) is 0 Å². The van der Waals surface area contributed by atoms with E-state index in [0.717, 1.165) is 16.9 Å². The van der Waals surface area contributed by atoms with Gasteiger partial charge in [0.1, 0.15) is 37.1 Å². The van der Waals surface area contributed by atoms with Gasteiger partial charge in [0.05, 0.1) is 23.9 Å². The number of benzene rings is 3. The van der Waals surface area contributed by atoms with Crippen molar-refractivity contribution in [1.29, 1.82) is 0 Å². The Morgan fingerprint density at radius 2 is 1.81 bits per heavy atom. The monoisotopic (exact) mass is 668 g/mol. The largest absolute Gasteiger partial charge is 0.507 e. The van der Waals surface area contributed by atoms with Gasteiger partial charge < -0.3 is 28.8 Å². The fourth-order valence-corrected chi connectivity index (χ4v) is 6.37. The van der Waals surface area contributed by atoms with E-state index in [4.69, 9.17) is 23.7 Å². The summed E-state index contributed by atoms with van der Waals surface area (Å²) in [6.45, 7) is 8.28. The number of fused-ring (bicyclic) bond motifs is 1. The third-order valence-electron chi connectivity index (χ3n) is 7.59. The van der Waals surface area contributed by atoms with Crippen LogP contribution in [0, 0.1) is 6.92 Å². The summed E-state index contributed by atoms with van der Waals surface area (Å²) in [6, 6.07) is 18.3. The average Bonchev–Trinajstić information content (AvgIpc) is 3.62. The number of aliphatic hydroxyl groups excluding tert-OH is 1. The molecule has 0 bridgehead atoms. The number of carbonyl (C=O) groups is 3. The number of Topliss-reactive ketones (excluding diaryl/α,β-unsaturated/α-hetero) is 1. The number of hydrogen-bond donors (Lipinski definition) is 1. The number of esters is 1. The highest BCUT2D eigenvalue weighted by Gasteiger charge is 2.49. The van der Waals surface area contributed by atoms with E-state index in [9.17, 15) is 19.5 Å². The zero-order chi connectivity index (χ0) is 33.8. The number of amides is 1. The molecule has 12 heteroatoms. The third kappa shape index (κ3) is 6.34. The molecule has 2 aliphatic heterocycles. The van der Waals surface area contributed by atoms with E-state index in [1.54, 1.807) is 43.3 Å². The number of rotatable bonds is 11. The molecule has 1 N–H and O–H groups in total. The fourth-order valence-electron chi connectivity index (χ4n) is 5.38. The lowest BCUT2D eigenvalue weighted by molar-refractivity contribution is -0.132. The average molecular weight is 669 g/mol. The summed E-state index contributed by atoms with van der Waals surface area (Å²) in [6.07, 6.45) is 1.44. The molecule has 0 radical (unpaired) electrons. The molecule has 48 heavy (non-hydrogen) atoms. The first-order valence-corrected chi connectivity index (χ1v) is 16.0. The Balaban J connectivity index is 1.47. The van der Waals surface area contributed by atoms with Crippen molar-refractivity contribution < 1.29 is 43.2 Å². The number of nitrogens with zero attached hydrogens (tertiary/aromatic N) is 2. The van der Waals surface area contributed by atoms with Gasteiger partial charge in [-0.25, -0.2) is 9.78 Å². The highest BCUT2D eigenvalue weighted by molar-refractivity contribution is 7.17. The molecule has 1 amide bonds. The van der Waals surface area contributed by atoms with Gasteiger partial charge in [-0.05, 0) is 55.3 Å². The van der Waals surface area contributed by atoms with E-state index in [0.29, 0.717) is 54.1 Å². The topological polar surface area (TPSA) is 134 Å². The van der Waals surface area contributed by atoms with Crippen molar-refractivity contribution in [1.82, 2.24) is 4.98 Å². The summed E-state index contributed by atoms with van der Waals surface area (Å²) >= 11 is 0.907. The molecule has 0 aliphatic carbocycles.